The third-order valence-electron chi connectivity index (χ3n) is 4.48. The number of guanidine groups is 1. The van der Waals surface area contributed by atoms with Gasteiger partial charge in [0.15, 0.2) is 5.96 Å². The van der Waals surface area contributed by atoms with Crippen LogP contribution in [0, 0.1) is 0 Å². The van der Waals surface area contributed by atoms with Gasteiger partial charge in [-0.2, -0.15) is 13.2 Å². The molecule has 0 amide bonds. The van der Waals surface area contributed by atoms with E-state index in [1.807, 2.05) is 18.2 Å². The minimum absolute atomic E-state index is 0. The van der Waals surface area contributed by atoms with Crippen LogP contribution in [0.1, 0.15) is 30.9 Å². The zero-order valence-electron chi connectivity index (χ0n) is 16.2. The minimum atomic E-state index is -4.27. The number of hydrogen-bond acceptors (Lipinski definition) is 3. The molecule has 2 rings (SSSR count). The van der Waals surface area contributed by atoms with Crippen molar-refractivity contribution < 1.29 is 17.9 Å². The summed E-state index contributed by atoms with van der Waals surface area (Å²) in [6.07, 6.45) is -1.36. The molecule has 1 aliphatic rings. The van der Waals surface area contributed by atoms with E-state index in [-0.39, 0.29) is 36.6 Å². The maximum atomic E-state index is 12.0. The van der Waals surface area contributed by atoms with Gasteiger partial charge in [0.1, 0.15) is 6.61 Å². The van der Waals surface area contributed by atoms with Gasteiger partial charge in [-0.25, -0.2) is 0 Å². The molecule has 0 aliphatic carbocycles. The van der Waals surface area contributed by atoms with Gasteiger partial charge < -0.3 is 15.4 Å². The average Bonchev–Trinajstić information content (AvgIpc) is 3.17. The molecule has 1 aromatic carbocycles. The molecule has 1 saturated heterocycles. The van der Waals surface area contributed by atoms with Gasteiger partial charge in [-0.1, -0.05) is 30.3 Å². The third-order valence-corrected chi connectivity index (χ3v) is 4.48. The number of aliphatic imine (C=N–C) groups is 1. The van der Waals surface area contributed by atoms with Crippen molar-refractivity contribution in [2.45, 2.75) is 31.5 Å². The van der Waals surface area contributed by atoms with E-state index in [9.17, 15) is 13.2 Å². The third kappa shape index (κ3) is 9.42. The highest BCUT2D eigenvalue weighted by Gasteiger charge is 2.27. The molecule has 1 atom stereocenters. The molecule has 28 heavy (non-hydrogen) atoms. The van der Waals surface area contributed by atoms with Crippen LogP contribution in [-0.4, -0.2) is 63.5 Å². The van der Waals surface area contributed by atoms with Crippen LogP contribution in [0.15, 0.2) is 35.3 Å². The number of benzene rings is 1. The van der Waals surface area contributed by atoms with Crippen molar-refractivity contribution in [1.29, 1.82) is 0 Å². The number of ether oxygens (including phenoxy) is 1. The monoisotopic (exact) mass is 514 g/mol. The van der Waals surface area contributed by atoms with E-state index in [0.29, 0.717) is 25.5 Å². The van der Waals surface area contributed by atoms with Gasteiger partial charge in [0.2, 0.25) is 0 Å². The van der Waals surface area contributed by atoms with Gasteiger partial charge >= 0.3 is 6.18 Å². The van der Waals surface area contributed by atoms with Gasteiger partial charge in [0, 0.05) is 26.7 Å². The molecule has 1 fully saturated rings. The number of alkyl halides is 3. The molecule has 1 unspecified atom stereocenters. The van der Waals surface area contributed by atoms with Crippen LogP contribution in [0.3, 0.4) is 0 Å². The summed E-state index contributed by atoms with van der Waals surface area (Å²) in [5.41, 5.74) is 1.27. The lowest BCUT2D eigenvalue weighted by molar-refractivity contribution is -0.173. The fraction of sp³-hybridized carbons (Fsp3) is 0.632. The van der Waals surface area contributed by atoms with E-state index in [1.54, 1.807) is 7.05 Å². The normalized spacial score (nSPS) is 16.5. The Labute approximate surface area is 182 Å². The SMILES string of the molecule is CN=C(NCCCOCC(F)(F)F)NCC(c1ccccc1)N1CCCC1.I. The smallest absolute Gasteiger partial charge is 0.372 e. The standard InChI is InChI=1S/C19H29F3N4O.HI/c1-23-18(24-10-7-13-27-15-19(20,21)22)25-14-17(26-11-5-6-12-26)16-8-3-2-4-9-16;/h2-4,8-9,17H,5-7,10-15H2,1H3,(H2,23,24,25);1H. The highest BCUT2D eigenvalue weighted by atomic mass is 127. The Morgan fingerprint density at radius 2 is 1.86 bits per heavy atom. The van der Waals surface area contributed by atoms with Gasteiger partial charge in [0.25, 0.3) is 0 Å². The lowest BCUT2D eigenvalue weighted by Gasteiger charge is -2.29. The first kappa shape index (κ1) is 25.0. The molecule has 2 N–H and O–H groups in total. The molecular formula is C19H30F3IN4O. The Morgan fingerprint density at radius 1 is 1.18 bits per heavy atom. The minimum Gasteiger partial charge on any atom is -0.372 e. The predicted molar refractivity (Wildman–Crippen MR) is 116 cm³/mol. The molecule has 0 radical (unpaired) electrons. The van der Waals surface area contributed by atoms with Crippen LogP contribution in [0.5, 0.6) is 0 Å². The zero-order valence-corrected chi connectivity index (χ0v) is 18.5. The molecule has 1 aliphatic heterocycles. The number of nitrogens with one attached hydrogen (secondary N) is 2. The molecule has 1 heterocycles. The largest absolute Gasteiger partial charge is 0.411 e. The first-order valence-corrected chi connectivity index (χ1v) is 9.37. The number of likely N-dealkylation sites (tertiary alicyclic amines) is 1. The Morgan fingerprint density at radius 3 is 2.46 bits per heavy atom. The summed E-state index contributed by atoms with van der Waals surface area (Å²) in [7, 11) is 1.68. The lowest BCUT2D eigenvalue weighted by atomic mass is 10.1. The quantitative estimate of drug-likeness (QED) is 0.229. The first-order valence-electron chi connectivity index (χ1n) is 9.37. The highest BCUT2D eigenvalue weighted by molar-refractivity contribution is 14.0. The summed E-state index contributed by atoms with van der Waals surface area (Å²) < 4.78 is 40.7. The maximum Gasteiger partial charge on any atom is 0.411 e. The fourth-order valence-electron chi connectivity index (χ4n) is 3.17. The van der Waals surface area contributed by atoms with E-state index in [4.69, 9.17) is 0 Å². The van der Waals surface area contributed by atoms with E-state index in [0.717, 1.165) is 13.1 Å². The second-order valence-corrected chi connectivity index (χ2v) is 6.57. The molecule has 0 aromatic heterocycles. The summed E-state index contributed by atoms with van der Waals surface area (Å²) in [5, 5.41) is 6.46. The molecule has 1 aromatic rings. The summed E-state index contributed by atoms with van der Waals surface area (Å²) >= 11 is 0. The predicted octanol–water partition coefficient (Wildman–Crippen LogP) is 3.58. The summed E-state index contributed by atoms with van der Waals surface area (Å²) in [6.45, 7) is 2.25. The van der Waals surface area contributed by atoms with Crippen molar-refractivity contribution in [1.82, 2.24) is 15.5 Å². The number of halogens is 4. The molecule has 9 heteroatoms. The van der Waals surface area contributed by atoms with Crippen LogP contribution >= 0.6 is 24.0 Å². The number of hydrogen-bond donors (Lipinski definition) is 2. The second kappa shape index (κ2) is 13.2. The second-order valence-electron chi connectivity index (χ2n) is 6.57. The van der Waals surface area contributed by atoms with Crippen LogP contribution in [0.25, 0.3) is 0 Å². The van der Waals surface area contributed by atoms with Crippen molar-refractivity contribution in [3.63, 3.8) is 0 Å². The molecule has 0 spiro atoms. The Bertz CT molecular complexity index is 566. The van der Waals surface area contributed by atoms with E-state index in [1.165, 1.54) is 18.4 Å². The highest BCUT2D eigenvalue weighted by Crippen LogP contribution is 2.24. The van der Waals surface area contributed by atoms with Crippen molar-refractivity contribution >= 4 is 29.9 Å². The Balaban J connectivity index is 0.00000392. The summed E-state index contributed by atoms with van der Waals surface area (Å²) in [4.78, 5) is 6.67. The van der Waals surface area contributed by atoms with Crippen LogP contribution in [0.2, 0.25) is 0 Å². The van der Waals surface area contributed by atoms with E-state index in [2.05, 4.69) is 37.4 Å². The summed E-state index contributed by atoms with van der Waals surface area (Å²) in [6, 6.07) is 10.7. The van der Waals surface area contributed by atoms with Crippen molar-refractivity contribution in [3.05, 3.63) is 35.9 Å². The van der Waals surface area contributed by atoms with Crippen LogP contribution in [0.4, 0.5) is 13.2 Å². The summed E-state index contributed by atoms with van der Waals surface area (Å²) in [5.74, 6) is 0.644. The Kier molecular flexibility index (Phi) is 11.8. The Hall–Kier alpha value is -1.07. The van der Waals surface area contributed by atoms with Crippen molar-refractivity contribution in [3.8, 4) is 0 Å². The van der Waals surface area contributed by atoms with Gasteiger partial charge in [-0.3, -0.25) is 9.89 Å². The van der Waals surface area contributed by atoms with Crippen LogP contribution < -0.4 is 10.6 Å². The topological polar surface area (TPSA) is 48.9 Å². The number of rotatable bonds is 9. The van der Waals surface area contributed by atoms with Crippen molar-refractivity contribution in [2.24, 2.45) is 4.99 Å². The van der Waals surface area contributed by atoms with Crippen molar-refractivity contribution in [2.75, 3.05) is 46.4 Å². The van der Waals surface area contributed by atoms with Gasteiger partial charge in [-0.15, -0.1) is 24.0 Å². The molecule has 0 bridgehead atoms. The van der Waals surface area contributed by atoms with Gasteiger partial charge in [0.05, 0.1) is 6.04 Å². The van der Waals surface area contributed by atoms with E-state index >= 15 is 0 Å². The maximum absolute atomic E-state index is 12.0. The molecule has 160 valence electrons. The zero-order chi connectivity index (χ0) is 19.5. The lowest BCUT2D eigenvalue weighted by Crippen LogP contribution is -2.43. The average molecular weight is 514 g/mol. The number of nitrogens with zero attached hydrogens (tertiary/aromatic N) is 2. The molecular weight excluding hydrogens is 484 g/mol. The van der Waals surface area contributed by atoms with Gasteiger partial charge in [-0.05, 0) is 37.9 Å². The first-order chi connectivity index (χ1) is 13.0. The van der Waals surface area contributed by atoms with Crippen LogP contribution in [-0.2, 0) is 4.74 Å². The molecule has 5 nitrogen and oxygen atoms in total. The van der Waals surface area contributed by atoms with E-state index < -0.39 is 12.8 Å². The molecule has 0 saturated carbocycles. The fourth-order valence-corrected chi connectivity index (χ4v) is 3.17.